The highest BCUT2D eigenvalue weighted by molar-refractivity contribution is 6.32. The van der Waals surface area contributed by atoms with E-state index in [1.807, 2.05) is 0 Å². The summed E-state index contributed by atoms with van der Waals surface area (Å²) >= 11 is 6.25. The second-order valence-electron chi connectivity index (χ2n) is 6.26. The summed E-state index contributed by atoms with van der Waals surface area (Å²) in [6.45, 7) is 0.922. The Kier molecular flexibility index (Phi) is 4.53. The van der Waals surface area contributed by atoms with E-state index in [9.17, 15) is 9.59 Å². The second-order valence-corrected chi connectivity index (χ2v) is 6.67. The summed E-state index contributed by atoms with van der Waals surface area (Å²) < 4.78 is 16.6. The number of carbonyl (C=O) groups excluding carboxylic acids is 2. The predicted molar refractivity (Wildman–Crippen MR) is 98.6 cm³/mol. The summed E-state index contributed by atoms with van der Waals surface area (Å²) in [4.78, 5) is 26.1. The Morgan fingerprint density at radius 3 is 2.74 bits per heavy atom. The van der Waals surface area contributed by atoms with Crippen LogP contribution < -0.4 is 24.8 Å². The van der Waals surface area contributed by atoms with Crippen molar-refractivity contribution in [3.63, 3.8) is 0 Å². The first-order valence-corrected chi connectivity index (χ1v) is 8.84. The monoisotopic (exact) mass is 388 g/mol. The van der Waals surface area contributed by atoms with Gasteiger partial charge in [0.1, 0.15) is 19.0 Å². The number of amides is 2. The first kappa shape index (κ1) is 17.5. The summed E-state index contributed by atoms with van der Waals surface area (Å²) in [7, 11) is 0. The third kappa shape index (κ3) is 3.38. The van der Waals surface area contributed by atoms with E-state index in [1.165, 1.54) is 4.90 Å². The summed E-state index contributed by atoms with van der Waals surface area (Å²) in [5.74, 6) is 0.633. The summed E-state index contributed by atoms with van der Waals surface area (Å²) in [5, 5.41) is 0.396. The largest absolute Gasteiger partial charge is 0.486 e. The minimum absolute atomic E-state index is 0.0590. The van der Waals surface area contributed by atoms with Crippen molar-refractivity contribution in [1.82, 2.24) is 0 Å². The molecule has 2 aromatic rings. The Morgan fingerprint density at radius 2 is 1.93 bits per heavy atom. The van der Waals surface area contributed by atoms with E-state index in [4.69, 9.17) is 31.5 Å². The summed E-state index contributed by atoms with van der Waals surface area (Å²) in [6.07, 6.45) is -0.816. The molecule has 2 N–H and O–H groups in total. The normalized spacial score (nSPS) is 17.7. The zero-order valence-electron chi connectivity index (χ0n) is 14.3. The molecule has 2 heterocycles. The molecule has 0 aliphatic carbocycles. The number of hydrogen-bond acceptors (Lipinski definition) is 5. The Hall–Kier alpha value is -2.93. The number of nitrogens with two attached hydrogens (primary N) is 1. The maximum atomic E-state index is 13.0. The molecule has 0 radical (unpaired) electrons. The summed E-state index contributed by atoms with van der Waals surface area (Å²) in [6, 6.07) is 10.5. The maximum Gasteiger partial charge on any atom is 0.260 e. The molecule has 0 aromatic heterocycles. The van der Waals surface area contributed by atoms with Gasteiger partial charge in [0.25, 0.3) is 5.91 Å². The number of primary amides is 1. The van der Waals surface area contributed by atoms with Crippen molar-refractivity contribution in [2.24, 2.45) is 5.73 Å². The molecule has 2 aliphatic rings. The second kappa shape index (κ2) is 7.00. The number of anilines is 1. The van der Waals surface area contributed by atoms with Gasteiger partial charge in [-0.1, -0.05) is 23.7 Å². The van der Waals surface area contributed by atoms with Gasteiger partial charge in [-0.05, 0) is 29.8 Å². The third-order valence-corrected chi connectivity index (χ3v) is 4.68. The van der Waals surface area contributed by atoms with E-state index in [0.29, 0.717) is 46.7 Å². The van der Waals surface area contributed by atoms with Gasteiger partial charge < -0.3 is 24.8 Å². The maximum absolute atomic E-state index is 13.0. The first-order chi connectivity index (χ1) is 13.0. The molecule has 140 valence electrons. The van der Waals surface area contributed by atoms with Crippen molar-refractivity contribution in [3.8, 4) is 17.2 Å². The predicted octanol–water partition coefficient (Wildman–Crippen LogP) is 1.93. The molecule has 1 atom stereocenters. The van der Waals surface area contributed by atoms with Gasteiger partial charge >= 0.3 is 0 Å². The smallest absolute Gasteiger partial charge is 0.260 e. The van der Waals surface area contributed by atoms with E-state index in [2.05, 4.69) is 0 Å². The molecule has 0 bridgehead atoms. The molecule has 2 aliphatic heterocycles. The Balaban J connectivity index is 1.61. The van der Waals surface area contributed by atoms with Crippen LogP contribution in [0.1, 0.15) is 5.56 Å². The highest BCUT2D eigenvalue weighted by Gasteiger charge is 2.32. The Morgan fingerprint density at radius 1 is 1.15 bits per heavy atom. The van der Waals surface area contributed by atoms with Gasteiger partial charge in [0.05, 0.1) is 23.7 Å². The fourth-order valence-electron chi connectivity index (χ4n) is 3.16. The molecular formula is C19H17ClN2O5. The number of nitrogens with zero attached hydrogens (tertiary/aromatic N) is 1. The number of halogens is 1. The first-order valence-electron chi connectivity index (χ1n) is 8.46. The van der Waals surface area contributed by atoms with Crippen LogP contribution >= 0.6 is 11.6 Å². The van der Waals surface area contributed by atoms with Gasteiger partial charge in [-0.15, -0.1) is 0 Å². The van der Waals surface area contributed by atoms with Crippen molar-refractivity contribution in [2.75, 3.05) is 24.7 Å². The van der Waals surface area contributed by atoms with Gasteiger partial charge in [-0.25, -0.2) is 0 Å². The molecule has 0 fully saturated rings. The van der Waals surface area contributed by atoms with E-state index in [-0.39, 0.29) is 18.9 Å². The molecule has 4 rings (SSSR count). The van der Waals surface area contributed by atoms with Crippen molar-refractivity contribution in [3.05, 3.63) is 47.0 Å². The number of ether oxygens (including phenoxy) is 3. The molecule has 2 amide bonds. The fraction of sp³-hybridized carbons (Fsp3) is 0.263. The number of carbonyl (C=O) groups is 2. The van der Waals surface area contributed by atoms with Crippen LogP contribution in [-0.4, -0.2) is 37.7 Å². The van der Waals surface area contributed by atoms with Crippen molar-refractivity contribution in [2.45, 2.75) is 12.5 Å². The van der Waals surface area contributed by atoms with Crippen LogP contribution in [0.5, 0.6) is 17.2 Å². The number of rotatable bonds is 3. The fourth-order valence-corrected chi connectivity index (χ4v) is 3.44. The average Bonchev–Trinajstić information content (AvgIpc) is 2.67. The van der Waals surface area contributed by atoms with Gasteiger partial charge in [-0.2, -0.15) is 0 Å². The van der Waals surface area contributed by atoms with Crippen LogP contribution in [0.25, 0.3) is 0 Å². The number of para-hydroxylation sites is 2. The molecule has 0 saturated heterocycles. The lowest BCUT2D eigenvalue weighted by Gasteiger charge is -2.33. The van der Waals surface area contributed by atoms with Gasteiger partial charge in [0.2, 0.25) is 5.91 Å². The molecule has 1 unspecified atom stereocenters. The minimum atomic E-state index is -0.896. The zero-order chi connectivity index (χ0) is 19.0. The zero-order valence-corrected chi connectivity index (χ0v) is 15.1. The number of fused-ring (bicyclic) bond motifs is 2. The lowest BCUT2D eigenvalue weighted by Crippen LogP contribution is -2.49. The Labute approximate surface area is 160 Å². The molecule has 2 aromatic carbocycles. The van der Waals surface area contributed by atoms with Crippen LogP contribution in [0.2, 0.25) is 5.02 Å². The number of benzene rings is 2. The van der Waals surface area contributed by atoms with E-state index in [1.54, 1.807) is 36.4 Å². The quantitative estimate of drug-likeness (QED) is 0.867. The molecule has 0 spiro atoms. The van der Waals surface area contributed by atoms with Crippen molar-refractivity contribution < 1.29 is 23.8 Å². The third-order valence-electron chi connectivity index (χ3n) is 4.40. The van der Waals surface area contributed by atoms with Crippen LogP contribution in [0.3, 0.4) is 0 Å². The van der Waals surface area contributed by atoms with Gasteiger partial charge in [0.15, 0.2) is 17.6 Å². The van der Waals surface area contributed by atoms with Crippen LogP contribution in [0.4, 0.5) is 5.69 Å². The minimum Gasteiger partial charge on any atom is -0.486 e. The topological polar surface area (TPSA) is 91.1 Å². The Bertz CT molecular complexity index is 917. The van der Waals surface area contributed by atoms with Crippen molar-refractivity contribution in [1.29, 1.82) is 0 Å². The van der Waals surface area contributed by atoms with Crippen LogP contribution in [-0.2, 0) is 16.0 Å². The molecule has 0 saturated carbocycles. The van der Waals surface area contributed by atoms with E-state index in [0.717, 1.165) is 0 Å². The van der Waals surface area contributed by atoms with Gasteiger partial charge in [0, 0.05) is 0 Å². The molecule has 7 nitrogen and oxygen atoms in total. The molecule has 27 heavy (non-hydrogen) atoms. The average molecular weight is 389 g/mol. The van der Waals surface area contributed by atoms with E-state index >= 15 is 0 Å². The van der Waals surface area contributed by atoms with Crippen LogP contribution in [0, 0.1) is 0 Å². The summed E-state index contributed by atoms with van der Waals surface area (Å²) in [5.41, 5.74) is 6.67. The molecule has 8 heteroatoms. The van der Waals surface area contributed by atoms with E-state index < -0.39 is 12.0 Å². The molecular weight excluding hydrogens is 372 g/mol. The highest BCUT2D eigenvalue weighted by atomic mass is 35.5. The lowest BCUT2D eigenvalue weighted by molar-refractivity contribution is -0.125. The van der Waals surface area contributed by atoms with Gasteiger partial charge in [-0.3, -0.25) is 9.59 Å². The number of hydrogen-bond donors (Lipinski definition) is 1. The SMILES string of the molecule is NC(=O)C1CN(C(=O)Cc2cc(Cl)c3c(c2)OCCO3)c2ccccc2O1. The van der Waals surface area contributed by atoms with Crippen molar-refractivity contribution >= 4 is 29.1 Å². The highest BCUT2D eigenvalue weighted by Crippen LogP contribution is 2.39. The standard InChI is InChI=1S/C19H17ClN2O5/c20-12-7-11(8-15-18(12)26-6-5-25-15)9-17(23)22-10-16(19(21)24)27-14-4-2-1-3-13(14)22/h1-4,7-8,16H,5-6,9-10H2,(H2,21,24). The lowest BCUT2D eigenvalue weighted by atomic mass is 10.1. The van der Waals surface area contributed by atoms with Crippen LogP contribution in [0.15, 0.2) is 36.4 Å².